The molecule has 2 aromatic carbocycles. The van der Waals surface area contributed by atoms with Gasteiger partial charge in [-0.2, -0.15) is 9.29 Å². The Morgan fingerprint density at radius 1 is 0.905 bits per heavy atom. The molecular weight excluding hydrogens is 552 g/mol. The number of aromatic nitrogens is 3. The molecule has 10 nitrogen and oxygen atoms in total. The Morgan fingerprint density at radius 3 is 2.19 bits per heavy atom. The Labute approximate surface area is 247 Å². The van der Waals surface area contributed by atoms with E-state index in [0.717, 1.165) is 37.4 Å². The van der Waals surface area contributed by atoms with Gasteiger partial charge in [-0.15, -0.1) is 0 Å². The predicted octanol–water partition coefficient (Wildman–Crippen LogP) is 4.26. The number of nitrogens with zero attached hydrogens (tertiary/aromatic N) is 6. The maximum absolute atomic E-state index is 14.0. The molecule has 0 bridgehead atoms. The van der Waals surface area contributed by atoms with Crippen LogP contribution in [0.4, 0.5) is 11.6 Å². The highest BCUT2D eigenvalue weighted by Crippen LogP contribution is 2.32. The van der Waals surface area contributed by atoms with Gasteiger partial charge in [-0.25, -0.2) is 13.4 Å². The molecule has 220 valence electrons. The van der Waals surface area contributed by atoms with Gasteiger partial charge in [0.15, 0.2) is 0 Å². The molecule has 1 saturated heterocycles. The summed E-state index contributed by atoms with van der Waals surface area (Å²) in [6, 6.07) is 18.1. The second kappa shape index (κ2) is 12.7. The van der Waals surface area contributed by atoms with Crippen molar-refractivity contribution in [3.63, 3.8) is 0 Å². The number of likely N-dealkylation sites (N-methyl/N-ethyl adjacent to an activating group) is 1. The summed E-state index contributed by atoms with van der Waals surface area (Å²) < 4.78 is 40.8. The van der Waals surface area contributed by atoms with E-state index < -0.39 is 16.1 Å². The number of benzene rings is 2. The largest absolute Gasteiger partial charge is 0.497 e. The molecule has 1 aliphatic rings. The standard InChI is InChI=1S/C31H36N6O4S/c1-23-20-27(40-4)21-24(2)30(23)42(38,39)35(3)28(25-8-6-5-7-9-25)22-41-29-12-15-33-31(34-29)37-18-16-36(17-19-37)26-10-13-32-14-11-26/h5-15,20-21,28H,16-19,22H2,1-4H3. The van der Waals surface area contributed by atoms with Gasteiger partial charge in [-0.3, -0.25) is 4.98 Å². The van der Waals surface area contributed by atoms with E-state index >= 15 is 0 Å². The van der Waals surface area contributed by atoms with E-state index in [1.165, 1.54) is 4.31 Å². The number of sulfonamides is 1. The Morgan fingerprint density at radius 2 is 1.55 bits per heavy atom. The van der Waals surface area contributed by atoms with Crippen LogP contribution < -0.4 is 19.3 Å². The first-order chi connectivity index (χ1) is 20.3. The van der Waals surface area contributed by atoms with Gasteiger partial charge in [0.25, 0.3) is 0 Å². The molecule has 0 spiro atoms. The van der Waals surface area contributed by atoms with Crippen LogP contribution >= 0.6 is 0 Å². The predicted molar refractivity (Wildman–Crippen MR) is 163 cm³/mol. The molecule has 11 heteroatoms. The van der Waals surface area contributed by atoms with Gasteiger partial charge in [0.2, 0.25) is 21.9 Å². The zero-order valence-corrected chi connectivity index (χ0v) is 25.2. The first-order valence-corrected chi connectivity index (χ1v) is 15.3. The van der Waals surface area contributed by atoms with Crippen molar-refractivity contribution in [2.24, 2.45) is 0 Å². The van der Waals surface area contributed by atoms with Crippen LogP contribution in [0.1, 0.15) is 22.7 Å². The molecule has 1 unspecified atom stereocenters. The maximum Gasteiger partial charge on any atom is 0.244 e. The highest BCUT2D eigenvalue weighted by Gasteiger charge is 2.32. The Kier molecular flexibility index (Phi) is 8.89. The third-order valence-electron chi connectivity index (χ3n) is 7.53. The molecule has 0 aliphatic carbocycles. The number of piperazine rings is 1. The van der Waals surface area contributed by atoms with Crippen molar-refractivity contribution in [3.05, 3.63) is 95.9 Å². The number of methoxy groups -OCH3 is 1. The molecule has 42 heavy (non-hydrogen) atoms. The number of aryl methyl sites for hydroxylation is 2. The molecule has 5 rings (SSSR count). The van der Waals surface area contributed by atoms with Gasteiger partial charge >= 0.3 is 0 Å². The van der Waals surface area contributed by atoms with E-state index in [4.69, 9.17) is 9.47 Å². The van der Waals surface area contributed by atoms with Crippen molar-refractivity contribution < 1.29 is 17.9 Å². The van der Waals surface area contributed by atoms with Crippen LogP contribution in [0.5, 0.6) is 11.6 Å². The number of hydrogen-bond acceptors (Lipinski definition) is 9. The molecule has 0 saturated carbocycles. The van der Waals surface area contributed by atoms with Crippen LogP contribution in [0.2, 0.25) is 0 Å². The number of hydrogen-bond donors (Lipinski definition) is 0. The summed E-state index contributed by atoms with van der Waals surface area (Å²) in [5, 5.41) is 0. The lowest BCUT2D eigenvalue weighted by Gasteiger charge is -2.36. The van der Waals surface area contributed by atoms with E-state index in [1.807, 2.05) is 42.5 Å². The first kappa shape index (κ1) is 29.3. The third-order valence-corrected chi connectivity index (χ3v) is 9.70. The highest BCUT2D eigenvalue weighted by molar-refractivity contribution is 7.89. The van der Waals surface area contributed by atoms with Crippen LogP contribution in [-0.4, -0.2) is 74.6 Å². The quantitative estimate of drug-likeness (QED) is 0.269. The lowest BCUT2D eigenvalue weighted by molar-refractivity contribution is 0.216. The zero-order chi connectivity index (χ0) is 29.7. The van der Waals surface area contributed by atoms with E-state index in [1.54, 1.807) is 64.8 Å². The van der Waals surface area contributed by atoms with Gasteiger partial charge in [-0.05, 0) is 54.8 Å². The van der Waals surface area contributed by atoms with Gasteiger partial charge in [0, 0.05) is 63.6 Å². The van der Waals surface area contributed by atoms with E-state index in [0.29, 0.717) is 28.7 Å². The molecule has 4 aromatic rings. The molecule has 0 radical (unpaired) electrons. The average molecular weight is 589 g/mol. The first-order valence-electron chi connectivity index (χ1n) is 13.8. The molecule has 1 atom stereocenters. The normalized spacial score (nSPS) is 14.6. The van der Waals surface area contributed by atoms with Gasteiger partial charge in [0.1, 0.15) is 12.4 Å². The Hall–Kier alpha value is -4.22. The molecule has 3 heterocycles. The van der Waals surface area contributed by atoms with Crippen molar-refractivity contribution in [3.8, 4) is 11.6 Å². The minimum atomic E-state index is -3.88. The van der Waals surface area contributed by atoms with Crippen LogP contribution in [0.3, 0.4) is 0 Å². The summed E-state index contributed by atoms with van der Waals surface area (Å²) in [6.07, 6.45) is 5.28. The maximum atomic E-state index is 14.0. The van der Waals surface area contributed by atoms with E-state index in [-0.39, 0.29) is 11.5 Å². The average Bonchev–Trinajstić information content (AvgIpc) is 3.01. The monoisotopic (exact) mass is 588 g/mol. The lowest BCUT2D eigenvalue weighted by atomic mass is 10.1. The van der Waals surface area contributed by atoms with Crippen LogP contribution in [0, 0.1) is 13.8 Å². The number of anilines is 2. The summed E-state index contributed by atoms with van der Waals surface area (Å²) in [5.74, 6) is 1.59. The van der Waals surface area contributed by atoms with Gasteiger partial charge in [-0.1, -0.05) is 30.3 Å². The Bertz CT molecular complexity index is 1570. The number of rotatable bonds is 10. The second-order valence-electron chi connectivity index (χ2n) is 10.2. The van der Waals surface area contributed by atoms with Crippen LogP contribution in [0.15, 0.2) is 84.1 Å². The SMILES string of the molecule is COc1cc(C)c(S(=O)(=O)N(C)C(COc2ccnc(N3CCN(c4ccncc4)CC3)n2)c2ccccc2)c(C)c1. The van der Waals surface area contributed by atoms with E-state index in [9.17, 15) is 8.42 Å². The van der Waals surface area contributed by atoms with Crippen LogP contribution in [0.25, 0.3) is 0 Å². The topological polar surface area (TPSA) is 101 Å². The fraction of sp³-hybridized carbons (Fsp3) is 0.323. The van der Waals surface area contributed by atoms with Crippen LogP contribution in [-0.2, 0) is 10.0 Å². The third kappa shape index (κ3) is 6.32. The van der Waals surface area contributed by atoms with E-state index in [2.05, 4.69) is 24.8 Å². The van der Waals surface area contributed by atoms with Crippen molar-refractivity contribution in [2.45, 2.75) is 24.8 Å². The van der Waals surface area contributed by atoms with Gasteiger partial charge < -0.3 is 19.3 Å². The summed E-state index contributed by atoms with van der Waals surface area (Å²) in [7, 11) is -0.724. The minimum absolute atomic E-state index is 0.0697. The highest BCUT2D eigenvalue weighted by atomic mass is 32.2. The summed E-state index contributed by atoms with van der Waals surface area (Å²) in [4.78, 5) is 18.0. The molecule has 0 N–H and O–H groups in total. The fourth-order valence-corrected chi connectivity index (χ4v) is 7.02. The second-order valence-corrected chi connectivity index (χ2v) is 12.2. The zero-order valence-electron chi connectivity index (χ0n) is 24.3. The summed E-state index contributed by atoms with van der Waals surface area (Å²) in [5.41, 5.74) is 3.20. The van der Waals surface area contributed by atoms with Crippen molar-refractivity contribution >= 4 is 21.7 Å². The minimum Gasteiger partial charge on any atom is -0.497 e. The molecular formula is C31H36N6O4S. The molecule has 0 amide bonds. The molecule has 1 aliphatic heterocycles. The van der Waals surface area contributed by atoms with Crippen molar-refractivity contribution in [1.29, 1.82) is 0 Å². The smallest absolute Gasteiger partial charge is 0.244 e. The lowest BCUT2D eigenvalue weighted by Crippen LogP contribution is -2.47. The number of ether oxygens (including phenoxy) is 2. The molecule has 1 fully saturated rings. The Balaban J connectivity index is 1.33. The van der Waals surface area contributed by atoms with Crippen molar-refractivity contribution in [2.75, 3.05) is 56.7 Å². The molecule has 2 aromatic heterocycles. The fourth-order valence-electron chi connectivity index (χ4n) is 5.28. The summed E-state index contributed by atoms with van der Waals surface area (Å²) >= 11 is 0. The van der Waals surface area contributed by atoms with Crippen molar-refractivity contribution in [1.82, 2.24) is 19.3 Å². The van der Waals surface area contributed by atoms with Gasteiger partial charge in [0.05, 0.1) is 18.0 Å². The summed E-state index contributed by atoms with van der Waals surface area (Å²) in [6.45, 7) is 6.83. The number of pyridine rings is 1.